The zero-order valence-electron chi connectivity index (χ0n) is 13.8. The molecule has 0 radical (unpaired) electrons. The summed E-state index contributed by atoms with van der Waals surface area (Å²) in [5.41, 5.74) is 2.62. The number of aryl methyl sites for hydroxylation is 1. The third-order valence-electron chi connectivity index (χ3n) is 4.30. The summed E-state index contributed by atoms with van der Waals surface area (Å²) in [6.07, 6.45) is 5.15. The van der Waals surface area contributed by atoms with E-state index in [-0.39, 0.29) is 0 Å². The van der Waals surface area contributed by atoms with Gasteiger partial charge in [-0.3, -0.25) is 4.90 Å². The monoisotopic (exact) mass is 290 g/mol. The Kier molecular flexibility index (Phi) is 6.52. The van der Waals surface area contributed by atoms with Crippen molar-refractivity contribution < 1.29 is 4.74 Å². The number of hydrogen-bond acceptors (Lipinski definition) is 3. The van der Waals surface area contributed by atoms with Crippen LogP contribution in [0.4, 0.5) is 0 Å². The molecule has 1 aliphatic rings. The highest BCUT2D eigenvalue weighted by atomic mass is 16.5. The van der Waals surface area contributed by atoms with Crippen molar-refractivity contribution in [2.45, 2.75) is 52.1 Å². The highest BCUT2D eigenvalue weighted by Gasteiger charge is 2.18. The molecule has 21 heavy (non-hydrogen) atoms. The third kappa shape index (κ3) is 5.01. The van der Waals surface area contributed by atoms with Gasteiger partial charge in [-0.2, -0.15) is 0 Å². The minimum Gasteiger partial charge on any atom is -0.496 e. The standard InChI is InChI=1S/C18H30N2O/c1-4-5-11-20(14-17-7-6-10-19-17)13-16-12-15(2)8-9-18(16)21-3/h8-9,12,17,19H,4-7,10-11,13-14H2,1-3H3. The predicted octanol–water partition coefficient (Wildman–Crippen LogP) is 3.36. The molecule has 2 rings (SSSR count). The van der Waals surface area contributed by atoms with Gasteiger partial charge in [0.05, 0.1) is 7.11 Å². The second kappa shape index (κ2) is 8.40. The van der Waals surface area contributed by atoms with Crippen molar-refractivity contribution >= 4 is 0 Å². The molecule has 1 unspecified atom stereocenters. The maximum atomic E-state index is 5.53. The molecule has 1 aromatic carbocycles. The second-order valence-electron chi connectivity index (χ2n) is 6.20. The average Bonchev–Trinajstić information content (AvgIpc) is 2.98. The number of rotatable bonds is 8. The first-order chi connectivity index (χ1) is 10.2. The van der Waals surface area contributed by atoms with Crippen LogP contribution in [-0.4, -0.2) is 37.7 Å². The van der Waals surface area contributed by atoms with Crippen LogP contribution in [0.3, 0.4) is 0 Å². The lowest BCUT2D eigenvalue weighted by molar-refractivity contribution is 0.234. The molecule has 3 nitrogen and oxygen atoms in total. The van der Waals surface area contributed by atoms with Crippen LogP contribution in [0, 0.1) is 6.92 Å². The molecule has 0 amide bonds. The number of ether oxygens (including phenoxy) is 1. The fourth-order valence-electron chi connectivity index (χ4n) is 3.11. The van der Waals surface area contributed by atoms with Crippen molar-refractivity contribution in [2.24, 2.45) is 0 Å². The van der Waals surface area contributed by atoms with Crippen LogP contribution in [-0.2, 0) is 6.54 Å². The first kappa shape index (κ1) is 16.3. The number of nitrogens with zero attached hydrogens (tertiary/aromatic N) is 1. The van der Waals surface area contributed by atoms with Crippen LogP contribution in [0.2, 0.25) is 0 Å². The molecule has 0 bridgehead atoms. The molecule has 1 atom stereocenters. The predicted molar refractivity (Wildman–Crippen MR) is 88.9 cm³/mol. The lowest BCUT2D eigenvalue weighted by Crippen LogP contribution is -2.37. The molecule has 0 aliphatic carbocycles. The molecule has 1 aromatic rings. The van der Waals surface area contributed by atoms with Gasteiger partial charge in [-0.15, -0.1) is 0 Å². The summed E-state index contributed by atoms with van der Waals surface area (Å²) in [6.45, 7) is 8.91. The molecule has 1 N–H and O–H groups in total. The summed E-state index contributed by atoms with van der Waals surface area (Å²) < 4.78 is 5.53. The van der Waals surface area contributed by atoms with Crippen molar-refractivity contribution in [2.75, 3.05) is 26.7 Å². The van der Waals surface area contributed by atoms with Gasteiger partial charge in [0, 0.05) is 24.7 Å². The summed E-state index contributed by atoms with van der Waals surface area (Å²) in [7, 11) is 1.77. The Morgan fingerprint density at radius 1 is 1.38 bits per heavy atom. The van der Waals surface area contributed by atoms with Gasteiger partial charge in [-0.05, 0) is 45.3 Å². The lowest BCUT2D eigenvalue weighted by atomic mass is 10.1. The van der Waals surface area contributed by atoms with E-state index in [1.165, 1.54) is 49.9 Å². The van der Waals surface area contributed by atoms with E-state index in [4.69, 9.17) is 4.74 Å². The summed E-state index contributed by atoms with van der Waals surface area (Å²) in [4.78, 5) is 2.59. The quantitative estimate of drug-likeness (QED) is 0.794. The van der Waals surface area contributed by atoms with Gasteiger partial charge in [0.15, 0.2) is 0 Å². The summed E-state index contributed by atoms with van der Waals surface area (Å²) >= 11 is 0. The maximum Gasteiger partial charge on any atom is 0.123 e. The average molecular weight is 290 g/mol. The molecule has 3 heteroatoms. The Balaban J connectivity index is 2.03. The number of nitrogens with one attached hydrogen (secondary N) is 1. The van der Waals surface area contributed by atoms with Crippen molar-refractivity contribution in [3.8, 4) is 5.75 Å². The number of methoxy groups -OCH3 is 1. The number of benzene rings is 1. The van der Waals surface area contributed by atoms with E-state index in [1.807, 2.05) is 0 Å². The Labute approximate surface area is 129 Å². The van der Waals surface area contributed by atoms with Gasteiger partial charge in [0.1, 0.15) is 5.75 Å². The minimum atomic E-state index is 0.665. The van der Waals surface area contributed by atoms with Gasteiger partial charge < -0.3 is 10.1 Å². The molecule has 1 saturated heterocycles. The van der Waals surface area contributed by atoms with E-state index in [0.29, 0.717) is 6.04 Å². The van der Waals surface area contributed by atoms with E-state index in [0.717, 1.165) is 18.8 Å². The molecular formula is C18H30N2O. The SMILES string of the molecule is CCCCN(Cc1cc(C)ccc1OC)CC1CCCN1. The second-order valence-corrected chi connectivity index (χ2v) is 6.20. The molecule has 1 fully saturated rings. The van der Waals surface area contributed by atoms with E-state index >= 15 is 0 Å². The van der Waals surface area contributed by atoms with Crippen molar-refractivity contribution in [1.29, 1.82) is 0 Å². The van der Waals surface area contributed by atoms with Gasteiger partial charge in [-0.25, -0.2) is 0 Å². The zero-order valence-corrected chi connectivity index (χ0v) is 13.8. The summed E-state index contributed by atoms with van der Waals surface area (Å²) in [5, 5.41) is 3.62. The van der Waals surface area contributed by atoms with Gasteiger partial charge >= 0.3 is 0 Å². The van der Waals surface area contributed by atoms with Gasteiger partial charge in [0.2, 0.25) is 0 Å². The Bertz CT molecular complexity index is 427. The molecule has 0 aromatic heterocycles. The fraction of sp³-hybridized carbons (Fsp3) is 0.667. The van der Waals surface area contributed by atoms with Crippen LogP contribution in [0.5, 0.6) is 5.75 Å². The first-order valence-electron chi connectivity index (χ1n) is 8.32. The number of unbranched alkanes of at least 4 members (excludes halogenated alkanes) is 1. The van der Waals surface area contributed by atoms with Crippen LogP contribution in [0.15, 0.2) is 18.2 Å². The number of hydrogen-bond donors (Lipinski definition) is 1. The molecule has 1 heterocycles. The fourth-order valence-corrected chi connectivity index (χ4v) is 3.11. The largest absolute Gasteiger partial charge is 0.496 e. The normalized spacial score (nSPS) is 18.4. The molecule has 0 saturated carbocycles. The Morgan fingerprint density at radius 2 is 2.24 bits per heavy atom. The van der Waals surface area contributed by atoms with Crippen molar-refractivity contribution in [3.05, 3.63) is 29.3 Å². The van der Waals surface area contributed by atoms with Crippen LogP contribution >= 0.6 is 0 Å². The minimum absolute atomic E-state index is 0.665. The maximum absolute atomic E-state index is 5.53. The highest BCUT2D eigenvalue weighted by Crippen LogP contribution is 2.22. The van der Waals surface area contributed by atoms with Crippen molar-refractivity contribution in [3.63, 3.8) is 0 Å². The topological polar surface area (TPSA) is 24.5 Å². The Hall–Kier alpha value is -1.06. The third-order valence-corrected chi connectivity index (χ3v) is 4.30. The summed E-state index contributed by atoms with van der Waals surface area (Å²) in [5.74, 6) is 1.02. The highest BCUT2D eigenvalue weighted by molar-refractivity contribution is 5.36. The van der Waals surface area contributed by atoms with Gasteiger partial charge in [-0.1, -0.05) is 31.0 Å². The molecule has 0 spiro atoms. The lowest BCUT2D eigenvalue weighted by Gasteiger charge is -2.26. The molecule has 118 valence electrons. The smallest absolute Gasteiger partial charge is 0.123 e. The van der Waals surface area contributed by atoms with Crippen molar-refractivity contribution in [1.82, 2.24) is 10.2 Å². The van der Waals surface area contributed by atoms with E-state index < -0.39 is 0 Å². The molecular weight excluding hydrogens is 260 g/mol. The van der Waals surface area contributed by atoms with E-state index in [2.05, 4.69) is 42.3 Å². The zero-order chi connectivity index (χ0) is 15.1. The first-order valence-corrected chi connectivity index (χ1v) is 8.32. The van der Waals surface area contributed by atoms with Crippen LogP contribution in [0.1, 0.15) is 43.7 Å². The van der Waals surface area contributed by atoms with E-state index in [1.54, 1.807) is 7.11 Å². The molecule has 1 aliphatic heterocycles. The van der Waals surface area contributed by atoms with E-state index in [9.17, 15) is 0 Å². The Morgan fingerprint density at radius 3 is 2.90 bits per heavy atom. The summed E-state index contributed by atoms with van der Waals surface area (Å²) in [6, 6.07) is 7.14. The van der Waals surface area contributed by atoms with Crippen LogP contribution in [0.25, 0.3) is 0 Å². The van der Waals surface area contributed by atoms with Crippen LogP contribution < -0.4 is 10.1 Å². The van der Waals surface area contributed by atoms with Gasteiger partial charge in [0.25, 0.3) is 0 Å².